The molecule has 1 aliphatic heterocycles. The number of nitrogens with one attached hydrogen (secondary N) is 4. The van der Waals surface area contributed by atoms with E-state index < -0.39 is 47.7 Å². The van der Waals surface area contributed by atoms with Gasteiger partial charge in [-0.05, 0) is 71.4 Å². The normalized spacial score (nSPS) is 18.0. The molecule has 1 aliphatic rings. The van der Waals surface area contributed by atoms with E-state index >= 15 is 0 Å². The number of carbonyl (C=O) groups is 5. The molecule has 11 nitrogen and oxygen atoms in total. The Morgan fingerprint density at radius 2 is 1.70 bits per heavy atom. The molecule has 1 saturated heterocycles. The highest BCUT2D eigenvalue weighted by atomic mass is 16.6. The standard InChI is InChI=1S/C32H48N4O7/c1-20(2)17-26(29(39)34-25(14-13-21(3)37)18-24-15-16-33-28(24)38)35-30(40)27(22(4)43-32(5,6)7)36-31(41)42-19-23-11-9-8-10-12-23/h8-14,20,22,24-27H,15-19H2,1-7H3,(H,33,38)(H,34,39)(H,35,40)(H,36,41)/b14-13+/t22?,24-,25+,26-,27-/m0/s1. The highest BCUT2D eigenvalue weighted by Crippen LogP contribution is 2.18. The van der Waals surface area contributed by atoms with Crippen molar-refractivity contribution >= 4 is 29.6 Å². The Hall–Kier alpha value is -3.73. The first-order valence-corrected chi connectivity index (χ1v) is 14.9. The lowest BCUT2D eigenvalue weighted by molar-refractivity contribution is -0.135. The lowest BCUT2D eigenvalue weighted by Gasteiger charge is -2.32. The van der Waals surface area contributed by atoms with E-state index in [1.54, 1.807) is 13.0 Å². The molecule has 0 saturated carbocycles. The van der Waals surface area contributed by atoms with Crippen molar-refractivity contribution in [3.63, 3.8) is 0 Å². The number of hydrogen-bond acceptors (Lipinski definition) is 7. The van der Waals surface area contributed by atoms with Crippen molar-refractivity contribution in [2.45, 2.75) is 104 Å². The van der Waals surface area contributed by atoms with Crippen LogP contribution in [0.2, 0.25) is 0 Å². The number of ether oxygens (including phenoxy) is 2. The van der Waals surface area contributed by atoms with E-state index in [0.717, 1.165) is 5.56 Å². The van der Waals surface area contributed by atoms with Gasteiger partial charge in [0.25, 0.3) is 0 Å². The van der Waals surface area contributed by atoms with Crippen molar-refractivity contribution in [1.82, 2.24) is 21.3 Å². The summed E-state index contributed by atoms with van der Waals surface area (Å²) in [4.78, 5) is 63.7. The molecule has 2 rings (SSSR count). The molecule has 1 unspecified atom stereocenters. The van der Waals surface area contributed by atoms with Crippen LogP contribution >= 0.6 is 0 Å². The van der Waals surface area contributed by atoms with E-state index in [2.05, 4.69) is 21.3 Å². The molecule has 43 heavy (non-hydrogen) atoms. The fraction of sp³-hybridized carbons (Fsp3) is 0.594. The van der Waals surface area contributed by atoms with Gasteiger partial charge in [0.05, 0.1) is 11.7 Å². The maximum absolute atomic E-state index is 13.6. The summed E-state index contributed by atoms with van der Waals surface area (Å²) in [6.45, 7) is 13.0. The van der Waals surface area contributed by atoms with Crippen LogP contribution in [-0.2, 0) is 35.3 Å². The van der Waals surface area contributed by atoms with Crippen LogP contribution in [0.1, 0.15) is 73.3 Å². The molecule has 0 aromatic heterocycles. The van der Waals surface area contributed by atoms with Gasteiger partial charge < -0.3 is 30.7 Å². The van der Waals surface area contributed by atoms with Crippen LogP contribution in [0.3, 0.4) is 0 Å². The molecule has 1 aromatic carbocycles. The van der Waals surface area contributed by atoms with Gasteiger partial charge in [0.15, 0.2) is 5.78 Å². The first kappa shape index (κ1) is 35.5. The van der Waals surface area contributed by atoms with Crippen LogP contribution in [0.25, 0.3) is 0 Å². The second-order valence-corrected chi connectivity index (χ2v) is 12.4. The van der Waals surface area contributed by atoms with E-state index in [-0.39, 0.29) is 30.1 Å². The monoisotopic (exact) mass is 600 g/mol. The zero-order chi connectivity index (χ0) is 32.2. The molecule has 0 spiro atoms. The number of ketones is 1. The van der Waals surface area contributed by atoms with Gasteiger partial charge in [-0.25, -0.2) is 4.79 Å². The fourth-order valence-corrected chi connectivity index (χ4v) is 4.77. The van der Waals surface area contributed by atoms with Crippen molar-refractivity contribution in [3.8, 4) is 0 Å². The lowest BCUT2D eigenvalue weighted by atomic mass is 9.96. The van der Waals surface area contributed by atoms with Crippen LogP contribution in [0.4, 0.5) is 4.79 Å². The molecule has 0 bridgehead atoms. The number of hydrogen-bond donors (Lipinski definition) is 4. The van der Waals surface area contributed by atoms with Crippen molar-refractivity contribution in [2.24, 2.45) is 11.8 Å². The fourth-order valence-electron chi connectivity index (χ4n) is 4.77. The number of rotatable bonds is 15. The quantitative estimate of drug-likeness (QED) is 0.226. The zero-order valence-corrected chi connectivity index (χ0v) is 26.4. The van der Waals surface area contributed by atoms with E-state index in [9.17, 15) is 24.0 Å². The number of alkyl carbamates (subject to hydrolysis) is 1. The molecule has 4 N–H and O–H groups in total. The first-order chi connectivity index (χ1) is 20.1. The minimum absolute atomic E-state index is 0.0160. The molecule has 0 radical (unpaired) electrons. The van der Waals surface area contributed by atoms with Crippen LogP contribution < -0.4 is 21.3 Å². The molecule has 0 aliphatic carbocycles. The van der Waals surface area contributed by atoms with Gasteiger partial charge in [0.1, 0.15) is 18.7 Å². The predicted molar refractivity (Wildman–Crippen MR) is 163 cm³/mol. The van der Waals surface area contributed by atoms with Gasteiger partial charge in [0, 0.05) is 18.5 Å². The number of carbonyl (C=O) groups excluding carboxylic acids is 5. The Morgan fingerprint density at radius 1 is 1.02 bits per heavy atom. The maximum Gasteiger partial charge on any atom is 0.408 e. The van der Waals surface area contributed by atoms with Gasteiger partial charge in [-0.1, -0.05) is 50.3 Å². The molecular formula is C32H48N4O7. The van der Waals surface area contributed by atoms with Gasteiger partial charge in [-0.2, -0.15) is 0 Å². The van der Waals surface area contributed by atoms with Crippen molar-refractivity contribution < 1.29 is 33.4 Å². The van der Waals surface area contributed by atoms with Crippen LogP contribution in [0, 0.1) is 11.8 Å². The summed E-state index contributed by atoms with van der Waals surface area (Å²) >= 11 is 0. The molecule has 1 aromatic rings. The van der Waals surface area contributed by atoms with Gasteiger partial charge in [-0.3, -0.25) is 19.2 Å². The lowest BCUT2D eigenvalue weighted by Crippen LogP contribution is -2.59. The summed E-state index contributed by atoms with van der Waals surface area (Å²) in [7, 11) is 0. The third-order valence-corrected chi connectivity index (χ3v) is 6.71. The number of benzene rings is 1. The number of allylic oxidation sites excluding steroid dienone is 1. The van der Waals surface area contributed by atoms with Crippen molar-refractivity contribution in [2.75, 3.05) is 6.54 Å². The summed E-state index contributed by atoms with van der Waals surface area (Å²) < 4.78 is 11.3. The third kappa shape index (κ3) is 13.4. The van der Waals surface area contributed by atoms with Crippen LogP contribution in [0.15, 0.2) is 42.5 Å². The summed E-state index contributed by atoms with van der Waals surface area (Å²) in [5.41, 5.74) is 0.167. The topological polar surface area (TPSA) is 152 Å². The van der Waals surface area contributed by atoms with Crippen LogP contribution in [-0.4, -0.2) is 66.0 Å². The van der Waals surface area contributed by atoms with E-state index in [1.165, 1.54) is 13.0 Å². The predicted octanol–water partition coefficient (Wildman–Crippen LogP) is 3.17. The largest absolute Gasteiger partial charge is 0.445 e. The van der Waals surface area contributed by atoms with Crippen molar-refractivity contribution in [1.29, 1.82) is 0 Å². The third-order valence-electron chi connectivity index (χ3n) is 6.71. The van der Waals surface area contributed by atoms with Gasteiger partial charge in [-0.15, -0.1) is 0 Å². The Morgan fingerprint density at radius 3 is 2.26 bits per heavy atom. The SMILES string of the molecule is CC(=O)/C=C/[C@H](C[C@@H]1CCNC1=O)NC(=O)[C@H](CC(C)C)NC(=O)[C@@H](NC(=O)OCc1ccccc1)C(C)OC(C)(C)C. The summed E-state index contributed by atoms with van der Waals surface area (Å²) in [5, 5.41) is 11.1. The van der Waals surface area contributed by atoms with E-state index in [4.69, 9.17) is 9.47 Å². The Kier molecular flexibility index (Phi) is 13.8. The summed E-state index contributed by atoms with van der Waals surface area (Å²) in [6, 6.07) is 6.43. The number of amides is 4. The second kappa shape index (κ2) is 16.8. The molecule has 1 fully saturated rings. The average Bonchev–Trinajstić information content (AvgIpc) is 3.31. The second-order valence-electron chi connectivity index (χ2n) is 12.4. The molecule has 5 atom stereocenters. The molecule has 238 valence electrons. The summed E-state index contributed by atoms with van der Waals surface area (Å²) in [6.07, 6.45) is 2.63. The molecule has 11 heteroatoms. The smallest absolute Gasteiger partial charge is 0.408 e. The Labute approximate surface area is 254 Å². The van der Waals surface area contributed by atoms with Gasteiger partial charge >= 0.3 is 6.09 Å². The zero-order valence-electron chi connectivity index (χ0n) is 26.4. The highest BCUT2D eigenvalue weighted by molar-refractivity contribution is 5.92. The van der Waals surface area contributed by atoms with Gasteiger partial charge in [0.2, 0.25) is 17.7 Å². The maximum atomic E-state index is 13.6. The average molecular weight is 601 g/mol. The molecular weight excluding hydrogens is 552 g/mol. The Bertz CT molecular complexity index is 1130. The molecule has 4 amide bonds. The Balaban J connectivity index is 2.20. The summed E-state index contributed by atoms with van der Waals surface area (Å²) in [5.74, 6) is -1.63. The highest BCUT2D eigenvalue weighted by Gasteiger charge is 2.35. The minimum Gasteiger partial charge on any atom is -0.445 e. The van der Waals surface area contributed by atoms with E-state index in [1.807, 2.05) is 65.0 Å². The minimum atomic E-state index is -1.17. The molecule has 1 heterocycles. The van der Waals surface area contributed by atoms with Crippen LogP contribution in [0.5, 0.6) is 0 Å². The first-order valence-electron chi connectivity index (χ1n) is 14.9. The van der Waals surface area contributed by atoms with Crippen molar-refractivity contribution in [3.05, 3.63) is 48.0 Å². The van der Waals surface area contributed by atoms with E-state index in [0.29, 0.717) is 25.8 Å².